The van der Waals surface area contributed by atoms with Gasteiger partial charge in [-0.15, -0.1) is 0 Å². The van der Waals surface area contributed by atoms with E-state index in [4.69, 9.17) is 0 Å². The molecule has 2 unspecified atom stereocenters. The molecule has 0 saturated carbocycles. The molecule has 2 atom stereocenters. The summed E-state index contributed by atoms with van der Waals surface area (Å²) >= 11 is 0. The van der Waals surface area contributed by atoms with Crippen molar-refractivity contribution in [1.29, 1.82) is 0 Å². The standard InChI is InChI=1S/C14H27N3O2/c1-4-11(2)17-12(18)7-10-15-13(19)14(3)8-5-6-9-16-14/h11,16H,4-10H2,1-3H3,(H,15,19)(H,17,18). The van der Waals surface area contributed by atoms with Gasteiger partial charge in [0.05, 0.1) is 5.54 Å². The highest BCUT2D eigenvalue weighted by Crippen LogP contribution is 2.18. The van der Waals surface area contributed by atoms with E-state index in [1.807, 2.05) is 20.8 Å². The van der Waals surface area contributed by atoms with Gasteiger partial charge in [0.15, 0.2) is 0 Å². The number of piperidine rings is 1. The maximum atomic E-state index is 12.1. The molecule has 0 spiro atoms. The molecule has 3 N–H and O–H groups in total. The van der Waals surface area contributed by atoms with Gasteiger partial charge in [0.2, 0.25) is 11.8 Å². The summed E-state index contributed by atoms with van der Waals surface area (Å²) < 4.78 is 0. The quantitative estimate of drug-likeness (QED) is 0.672. The van der Waals surface area contributed by atoms with Crippen molar-refractivity contribution in [2.45, 2.75) is 64.5 Å². The zero-order valence-electron chi connectivity index (χ0n) is 12.3. The molecule has 19 heavy (non-hydrogen) atoms. The van der Waals surface area contributed by atoms with E-state index < -0.39 is 5.54 Å². The average Bonchev–Trinajstić information content (AvgIpc) is 2.39. The van der Waals surface area contributed by atoms with Crippen molar-refractivity contribution in [2.75, 3.05) is 13.1 Å². The zero-order chi connectivity index (χ0) is 14.3. The van der Waals surface area contributed by atoms with E-state index >= 15 is 0 Å². The first kappa shape index (κ1) is 16.0. The summed E-state index contributed by atoms with van der Waals surface area (Å²) in [5.74, 6) is -0.0000496. The Balaban J connectivity index is 2.25. The number of rotatable bonds is 6. The van der Waals surface area contributed by atoms with Crippen LogP contribution in [0, 0.1) is 0 Å². The molecule has 1 aliphatic heterocycles. The third-order valence-corrected chi connectivity index (χ3v) is 3.78. The number of amides is 2. The fraction of sp³-hybridized carbons (Fsp3) is 0.857. The van der Waals surface area contributed by atoms with Crippen LogP contribution in [0.1, 0.15) is 52.9 Å². The van der Waals surface area contributed by atoms with Gasteiger partial charge in [0.25, 0.3) is 0 Å². The second-order valence-corrected chi connectivity index (χ2v) is 5.60. The largest absolute Gasteiger partial charge is 0.354 e. The summed E-state index contributed by atoms with van der Waals surface area (Å²) in [7, 11) is 0. The monoisotopic (exact) mass is 269 g/mol. The highest BCUT2D eigenvalue weighted by atomic mass is 16.2. The van der Waals surface area contributed by atoms with Crippen molar-refractivity contribution in [3.05, 3.63) is 0 Å². The maximum Gasteiger partial charge on any atom is 0.240 e. The van der Waals surface area contributed by atoms with Crippen molar-refractivity contribution in [2.24, 2.45) is 0 Å². The fourth-order valence-electron chi connectivity index (χ4n) is 2.18. The number of carbonyl (C=O) groups excluding carboxylic acids is 2. The molecule has 1 heterocycles. The first-order valence-corrected chi connectivity index (χ1v) is 7.30. The maximum absolute atomic E-state index is 12.1. The molecule has 1 aliphatic rings. The van der Waals surface area contributed by atoms with E-state index in [1.165, 1.54) is 0 Å². The van der Waals surface area contributed by atoms with Crippen LogP contribution >= 0.6 is 0 Å². The van der Waals surface area contributed by atoms with E-state index in [1.54, 1.807) is 0 Å². The van der Waals surface area contributed by atoms with E-state index in [9.17, 15) is 9.59 Å². The molecule has 0 aromatic heterocycles. The van der Waals surface area contributed by atoms with Crippen LogP contribution in [0.15, 0.2) is 0 Å². The summed E-state index contributed by atoms with van der Waals surface area (Å²) in [6.45, 7) is 7.23. The molecule has 2 amide bonds. The first-order valence-electron chi connectivity index (χ1n) is 7.30. The van der Waals surface area contributed by atoms with Crippen molar-refractivity contribution in [3.8, 4) is 0 Å². The van der Waals surface area contributed by atoms with Gasteiger partial charge in [-0.2, -0.15) is 0 Å². The van der Waals surface area contributed by atoms with Gasteiger partial charge in [0.1, 0.15) is 0 Å². The Morgan fingerprint density at radius 3 is 2.68 bits per heavy atom. The highest BCUT2D eigenvalue weighted by Gasteiger charge is 2.33. The fourth-order valence-corrected chi connectivity index (χ4v) is 2.18. The lowest BCUT2D eigenvalue weighted by Gasteiger charge is -2.33. The van der Waals surface area contributed by atoms with E-state index in [2.05, 4.69) is 16.0 Å². The molecule has 0 aliphatic carbocycles. The van der Waals surface area contributed by atoms with Gasteiger partial charge in [-0.25, -0.2) is 0 Å². The highest BCUT2D eigenvalue weighted by molar-refractivity contribution is 5.86. The average molecular weight is 269 g/mol. The van der Waals surface area contributed by atoms with Crippen LogP contribution in [0.3, 0.4) is 0 Å². The molecular formula is C14H27N3O2. The Morgan fingerprint density at radius 2 is 2.11 bits per heavy atom. The van der Waals surface area contributed by atoms with Crippen LogP contribution in [0.25, 0.3) is 0 Å². The van der Waals surface area contributed by atoms with Crippen molar-refractivity contribution in [3.63, 3.8) is 0 Å². The summed E-state index contributed by atoms with van der Waals surface area (Å²) in [6, 6.07) is 0.195. The van der Waals surface area contributed by atoms with Gasteiger partial charge >= 0.3 is 0 Å². The molecule has 110 valence electrons. The van der Waals surface area contributed by atoms with Crippen LogP contribution in [0.2, 0.25) is 0 Å². The molecule has 0 bridgehead atoms. The zero-order valence-corrected chi connectivity index (χ0v) is 12.3. The normalized spacial score (nSPS) is 24.6. The molecule has 0 radical (unpaired) electrons. The number of hydrogen-bond acceptors (Lipinski definition) is 3. The Morgan fingerprint density at radius 1 is 1.37 bits per heavy atom. The van der Waals surface area contributed by atoms with Crippen LogP contribution in [-0.2, 0) is 9.59 Å². The molecule has 5 heteroatoms. The van der Waals surface area contributed by atoms with E-state index in [-0.39, 0.29) is 17.9 Å². The van der Waals surface area contributed by atoms with Gasteiger partial charge in [0, 0.05) is 19.0 Å². The lowest BCUT2D eigenvalue weighted by atomic mass is 9.90. The smallest absolute Gasteiger partial charge is 0.240 e. The minimum Gasteiger partial charge on any atom is -0.354 e. The molecule has 5 nitrogen and oxygen atoms in total. The van der Waals surface area contributed by atoms with Gasteiger partial charge < -0.3 is 16.0 Å². The molecule has 1 fully saturated rings. The summed E-state index contributed by atoms with van der Waals surface area (Å²) in [5.41, 5.74) is -0.467. The lowest BCUT2D eigenvalue weighted by Crippen LogP contribution is -2.57. The van der Waals surface area contributed by atoms with Crippen molar-refractivity contribution in [1.82, 2.24) is 16.0 Å². The molecular weight excluding hydrogens is 242 g/mol. The van der Waals surface area contributed by atoms with Crippen LogP contribution in [-0.4, -0.2) is 36.5 Å². The van der Waals surface area contributed by atoms with E-state index in [0.717, 1.165) is 32.2 Å². The number of hydrogen-bond donors (Lipinski definition) is 3. The molecule has 1 rings (SSSR count). The molecule has 1 saturated heterocycles. The first-order chi connectivity index (χ1) is 8.98. The summed E-state index contributed by atoms with van der Waals surface area (Å²) in [4.78, 5) is 23.6. The Bertz CT molecular complexity index is 312. The molecule has 0 aromatic rings. The molecule has 0 aromatic carbocycles. The second kappa shape index (κ2) is 7.48. The van der Waals surface area contributed by atoms with Crippen molar-refractivity contribution < 1.29 is 9.59 Å². The summed E-state index contributed by atoms with van der Waals surface area (Å²) in [6.07, 6.45) is 4.32. The van der Waals surface area contributed by atoms with E-state index in [0.29, 0.717) is 13.0 Å². The Labute approximate surface area is 115 Å². The van der Waals surface area contributed by atoms with Gasteiger partial charge in [-0.05, 0) is 46.1 Å². The summed E-state index contributed by atoms with van der Waals surface area (Å²) in [5, 5.41) is 9.00. The Hall–Kier alpha value is -1.10. The number of nitrogens with one attached hydrogen (secondary N) is 3. The SMILES string of the molecule is CCC(C)NC(=O)CCNC(=O)C1(C)CCCCN1. The minimum atomic E-state index is -0.467. The Kier molecular flexibility index (Phi) is 6.28. The van der Waals surface area contributed by atoms with Crippen LogP contribution in [0.5, 0.6) is 0 Å². The minimum absolute atomic E-state index is 0.00328. The van der Waals surface area contributed by atoms with Gasteiger partial charge in [-0.1, -0.05) is 6.92 Å². The lowest BCUT2D eigenvalue weighted by molar-refractivity contribution is -0.128. The predicted molar refractivity (Wildman–Crippen MR) is 75.8 cm³/mol. The van der Waals surface area contributed by atoms with Crippen molar-refractivity contribution >= 4 is 11.8 Å². The third-order valence-electron chi connectivity index (χ3n) is 3.78. The van der Waals surface area contributed by atoms with Gasteiger partial charge in [-0.3, -0.25) is 9.59 Å². The predicted octanol–water partition coefficient (Wildman–Crippen LogP) is 0.940. The second-order valence-electron chi connectivity index (χ2n) is 5.60. The van der Waals surface area contributed by atoms with Crippen LogP contribution < -0.4 is 16.0 Å². The van der Waals surface area contributed by atoms with Crippen LogP contribution in [0.4, 0.5) is 0 Å². The topological polar surface area (TPSA) is 70.2 Å². The number of carbonyl (C=O) groups is 2. The third kappa shape index (κ3) is 5.19.